The lowest BCUT2D eigenvalue weighted by molar-refractivity contribution is 0.0911. The zero-order valence-electron chi connectivity index (χ0n) is 9.58. The minimum atomic E-state index is -0.237. The van der Waals surface area contributed by atoms with Crippen molar-refractivity contribution in [2.24, 2.45) is 5.92 Å². The zero-order valence-corrected chi connectivity index (χ0v) is 10.3. The molecule has 1 heterocycles. The van der Waals surface area contributed by atoms with Gasteiger partial charge in [-0.15, -0.1) is 0 Å². The van der Waals surface area contributed by atoms with E-state index >= 15 is 0 Å². The average molecular weight is 258 g/mol. The molecule has 0 bridgehead atoms. The molecule has 1 aromatic heterocycles. The van der Waals surface area contributed by atoms with Gasteiger partial charge in [0.25, 0.3) is 5.91 Å². The van der Waals surface area contributed by atoms with Gasteiger partial charge in [-0.05, 0) is 48.9 Å². The molecule has 1 saturated carbocycles. The number of carbonyl (C=O) groups is 1. The molecule has 0 unspecified atom stereocenters. The number of halogens is 1. The zero-order chi connectivity index (χ0) is 12.1. The highest BCUT2D eigenvalue weighted by molar-refractivity contribution is 6.29. The standard InChI is InChI=1S/C12H16ClNO3/c13-11-5-4-10(17-11)12(15)14-6-1-7-16-8-9-2-3-9/h4-5,9H,1-3,6-8H2,(H,14,15). The predicted octanol–water partition coefficient (Wildman–Crippen LogP) is 2.48. The van der Waals surface area contributed by atoms with Crippen molar-refractivity contribution in [2.45, 2.75) is 19.3 Å². The highest BCUT2D eigenvalue weighted by Crippen LogP contribution is 2.28. The van der Waals surface area contributed by atoms with Crippen molar-refractivity contribution in [3.63, 3.8) is 0 Å². The number of ether oxygens (including phenoxy) is 1. The highest BCUT2D eigenvalue weighted by Gasteiger charge is 2.20. The van der Waals surface area contributed by atoms with Crippen LogP contribution < -0.4 is 5.32 Å². The van der Waals surface area contributed by atoms with Crippen LogP contribution in [0.25, 0.3) is 0 Å². The lowest BCUT2D eigenvalue weighted by Gasteiger charge is -2.04. The largest absolute Gasteiger partial charge is 0.440 e. The number of hydrogen-bond acceptors (Lipinski definition) is 3. The first-order valence-electron chi connectivity index (χ1n) is 5.87. The van der Waals surface area contributed by atoms with Gasteiger partial charge in [0.05, 0.1) is 0 Å². The Bertz CT molecular complexity index is 374. The predicted molar refractivity (Wildman–Crippen MR) is 64.2 cm³/mol. The van der Waals surface area contributed by atoms with E-state index in [0.29, 0.717) is 13.2 Å². The molecular weight excluding hydrogens is 242 g/mol. The van der Waals surface area contributed by atoms with Gasteiger partial charge in [0.15, 0.2) is 11.0 Å². The van der Waals surface area contributed by atoms with Gasteiger partial charge in [-0.25, -0.2) is 0 Å². The molecule has 0 saturated heterocycles. The third kappa shape index (κ3) is 4.40. The molecule has 5 heteroatoms. The van der Waals surface area contributed by atoms with E-state index in [4.69, 9.17) is 20.8 Å². The Balaban J connectivity index is 1.53. The van der Waals surface area contributed by atoms with Crippen LogP contribution in [0.3, 0.4) is 0 Å². The molecule has 0 spiro atoms. The summed E-state index contributed by atoms with van der Waals surface area (Å²) in [6.07, 6.45) is 3.42. The van der Waals surface area contributed by atoms with E-state index in [-0.39, 0.29) is 16.9 Å². The number of nitrogens with one attached hydrogen (secondary N) is 1. The normalized spacial score (nSPS) is 14.9. The van der Waals surface area contributed by atoms with Crippen molar-refractivity contribution < 1.29 is 13.9 Å². The summed E-state index contributed by atoms with van der Waals surface area (Å²) in [5.41, 5.74) is 0. The summed E-state index contributed by atoms with van der Waals surface area (Å²) in [6, 6.07) is 3.11. The summed E-state index contributed by atoms with van der Waals surface area (Å²) in [6.45, 7) is 2.14. The second-order valence-electron chi connectivity index (χ2n) is 4.23. The third-order valence-electron chi connectivity index (χ3n) is 2.60. The van der Waals surface area contributed by atoms with E-state index in [1.54, 1.807) is 12.1 Å². The summed E-state index contributed by atoms with van der Waals surface area (Å²) in [4.78, 5) is 11.5. The van der Waals surface area contributed by atoms with Crippen molar-refractivity contribution in [2.75, 3.05) is 19.8 Å². The molecule has 0 aromatic carbocycles. The van der Waals surface area contributed by atoms with E-state index in [1.807, 2.05) is 0 Å². The first-order chi connectivity index (χ1) is 8.25. The number of rotatable bonds is 7. The van der Waals surface area contributed by atoms with Gasteiger partial charge in [-0.1, -0.05) is 0 Å². The minimum Gasteiger partial charge on any atom is -0.440 e. The van der Waals surface area contributed by atoms with Crippen LogP contribution in [0, 0.1) is 5.92 Å². The number of furan rings is 1. The third-order valence-corrected chi connectivity index (χ3v) is 2.80. The molecule has 1 amide bonds. The van der Waals surface area contributed by atoms with E-state index in [2.05, 4.69) is 5.32 Å². The summed E-state index contributed by atoms with van der Waals surface area (Å²) >= 11 is 5.58. The summed E-state index contributed by atoms with van der Waals surface area (Å²) in [5, 5.41) is 2.97. The molecule has 0 atom stereocenters. The molecule has 0 radical (unpaired) electrons. The van der Waals surface area contributed by atoms with Gasteiger partial charge in [0.2, 0.25) is 0 Å². The lowest BCUT2D eigenvalue weighted by Crippen LogP contribution is -2.24. The Morgan fingerprint density at radius 3 is 3.00 bits per heavy atom. The van der Waals surface area contributed by atoms with Crippen molar-refractivity contribution in [3.05, 3.63) is 23.1 Å². The molecule has 1 aromatic rings. The van der Waals surface area contributed by atoms with Gasteiger partial charge in [-0.3, -0.25) is 4.79 Å². The van der Waals surface area contributed by atoms with Gasteiger partial charge in [-0.2, -0.15) is 0 Å². The second kappa shape index (κ2) is 6.07. The van der Waals surface area contributed by atoms with Gasteiger partial charge >= 0.3 is 0 Å². The topological polar surface area (TPSA) is 51.5 Å². The fourth-order valence-corrected chi connectivity index (χ4v) is 1.58. The molecule has 1 N–H and O–H groups in total. The molecule has 4 nitrogen and oxygen atoms in total. The highest BCUT2D eigenvalue weighted by atomic mass is 35.5. The van der Waals surface area contributed by atoms with E-state index < -0.39 is 0 Å². The molecular formula is C12H16ClNO3. The summed E-state index contributed by atoms with van der Waals surface area (Å²) in [7, 11) is 0. The van der Waals surface area contributed by atoms with Gasteiger partial charge in [0.1, 0.15) is 0 Å². The average Bonchev–Trinajstić information content (AvgIpc) is 3.04. The van der Waals surface area contributed by atoms with E-state index in [9.17, 15) is 4.79 Å². The number of amides is 1. The maximum atomic E-state index is 11.5. The van der Waals surface area contributed by atoms with Crippen LogP contribution in [-0.4, -0.2) is 25.7 Å². The monoisotopic (exact) mass is 257 g/mol. The number of carbonyl (C=O) groups excluding carboxylic acids is 1. The van der Waals surface area contributed by atoms with Crippen LogP contribution in [-0.2, 0) is 4.74 Å². The van der Waals surface area contributed by atoms with Crippen LogP contribution in [0.15, 0.2) is 16.5 Å². The van der Waals surface area contributed by atoms with Crippen LogP contribution >= 0.6 is 11.6 Å². The maximum absolute atomic E-state index is 11.5. The van der Waals surface area contributed by atoms with Crippen LogP contribution in [0.4, 0.5) is 0 Å². The van der Waals surface area contributed by atoms with Crippen LogP contribution in [0.5, 0.6) is 0 Å². The lowest BCUT2D eigenvalue weighted by atomic mass is 10.4. The number of hydrogen-bond donors (Lipinski definition) is 1. The molecule has 1 aliphatic carbocycles. The quantitative estimate of drug-likeness (QED) is 0.764. The second-order valence-corrected chi connectivity index (χ2v) is 4.60. The van der Waals surface area contributed by atoms with Crippen molar-refractivity contribution in [1.29, 1.82) is 0 Å². The Labute approximate surface area is 105 Å². The van der Waals surface area contributed by atoms with E-state index in [0.717, 1.165) is 18.9 Å². The molecule has 1 aliphatic rings. The van der Waals surface area contributed by atoms with Gasteiger partial charge in [0, 0.05) is 19.8 Å². The Morgan fingerprint density at radius 2 is 2.35 bits per heavy atom. The maximum Gasteiger partial charge on any atom is 0.287 e. The molecule has 0 aliphatic heterocycles. The smallest absolute Gasteiger partial charge is 0.287 e. The molecule has 94 valence electrons. The Morgan fingerprint density at radius 1 is 1.53 bits per heavy atom. The fourth-order valence-electron chi connectivity index (χ4n) is 1.43. The summed E-state index contributed by atoms with van der Waals surface area (Å²) in [5.74, 6) is 0.794. The van der Waals surface area contributed by atoms with E-state index in [1.165, 1.54) is 12.8 Å². The van der Waals surface area contributed by atoms with Crippen molar-refractivity contribution in [3.8, 4) is 0 Å². The van der Waals surface area contributed by atoms with Crippen molar-refractivity contribution >= 4 is 17.5 Å². The Hall–Kier alpha value is -1.00. The molecule has 17 heavy (non-hydrogen) atoms. The van der Waals surface area contributed by atoms with Gasteiger partial charge < -0.3 is 14.5 Å². The first-order valence-corrected chi connectivity index (χ1v) is 6.25. The van der Waals surface area contributed by atoms with Crippen LogP contribution in [0.2, 0.25) is 5.22 Å². The fraction of sp³-hybridized carbons (Fsp3) is 0.583. The Kier molecular flexibility index (Phi) is 4.45. The van der Waals surface area contributed by atoms with Crippen LogP contribution in [0.1, 0.15) is 29.8 Å². The molecule has 1 fully saturated rings. The van der Waals surface area contributed by atoms with Crippen molar-refractivity contribution in [1.82, 2.24) is 5.32 Å². The molecule has 2 rings (SSSR count). The minimum absolute atomic E-state index is 0.225. The summed E-state index contributed by atoms with van der Waals surface area (Å²) < 4.78 is 10.4. The first kappa shape index (κ1) is 12.5. The SMILES string of the molecule is O=C(NCCCOCC1CC1)c1ccc(Cl)o1.